The largest absolute Gasteiger partial charge is 0.331 e. The van der Waals surface area contributed by atoms with Gasteiger partial charge in [-0.2, -0.15) is 0 Å². The number of rotatable bonds is 5. The summed E-state index contributed by atoms with van der Waals surface area (Å²) in [6.45, 7) is 8.19. The number of carbonyl (C=O) groups is 1. The first-order valence-corrected chi connectivity index (χ1v) is 8.41. The molecule has 21 heavy (non-hydrogen) atoms. The van der Waals surface area contributed by atoms with E-state index >= 15 is 0 Å². The Balaban J connectivity index is 2.90. The van der Waals surface area contributed by atoms with Crippen molar-refractivity contribution in [1.29, 1.82) is 0 Å². The van der Waals surface area contributed by atoms with Gasteiger partial charge in [0.2, 0.25) is 10.0 Å². The molecule has 0 aromatic heterocycles. The predicted octanol–water partition coefficient (Wildman–Crippen LogP) is 1.83. The standard InChI is InChI=1S/C14H23N3O3S/c1-5-17(10(2)3)14(18)16-11(4)12-7-6-8-13(9-12)21(15,19)20/h6-11H,5H2,1-4H3,(H,16,18)(H2,15,19,20)/t11-/m1/s1. The Bertz CT molecular complexity index is 599. The minimum absolute atomic E-state index is 0.0392. The van der Waals surface area contributed by atoms with Crippen molar-refractivity contribution in [2.45, 2.75) is 44.7 Å². The third-order valence-corrected chi connectivity index (χ3v) is 4.16. The van der Waals surface area contributed by atoms with Crippen molar-refractivity contribution in [3.05, 3.63) is 29.8 Å². The molecule has 0 aliphatic carbocycles. The maximum absolute atomic E-state index is 12.2. The Morgan fingerprint density at radius 3 is 2.43 bits per heavy atom. The number of urea groups is 1. The van der Waals surface area contributed by atoms with Gasteiger partial charge in [0, 0.05) is 12.6 Å². The molecule has 7 heteroatoms. The van der Waals surface area contributed by atoms with Crippen LogP contribution in [0.25, 0.3) is 0 Å². The van der Waals surface area contributed by atoms with Crippen molar-refractivity contribution in [2.24, 2.45) is 5.14 Å². The van der Waals surface area contributed by atoms with Gasteiger partial charge in [0.05, 0.1) is 10.9 Å². The van der Waals surface area contributed by atoms with Gasteiger partial charge in [-0.25, -0.2) is 18.4 Å². The lowest BCUT2D eigenvalue weighted by molar-refractivity contribution is 0.183. The smallest absolute Gasteiger partial charge is 0.318 e. The highest BCUT2D eigenvalue weighted by atomic mass is 32.2. The maximum Gasteiger partial charge on any atom is 0.318 e. The summed E-state index contributed by atoms with van der Waals surface area (Å²) in [4.78, 5) is 13.9. The second kappa shape index (κ2) is 6.91. The fourth-order valence-corrected chi connectivity index (χ4v) is 2.62. The van der Waals surface area contributed by atoms with Crippen LogP contribution in [0.15, 0.2) is 29.2 Å². The van der Waals surface area contributed by atoms with Crippen molar-refractivity contribution in [3.8, 4) is 0 Å². The van der Waals surface area contributed by atoms with Gasteiger partial charge < -0.3 is 10.2 Å². The molecule has 1 rings (SSSR count). The van der Waals surface area contributed by atoms with Crippen molar-refractivity contribution in [3.63, 3.8) is 0 Å². The molecular formula is C14H23N3O3S. The van der Waals surface area contributed by atoms with Crippen LogP contribution in [-0.4, -0.2) is 31.9 Å². The average molecular weight is 313 g/mol. The van der Waals surface area contributed by atoms with Crippen molar-refractivity contribution < 1.29 is 13.2 Å². The lowest BCUT2D eigenvalue weighted by Crippen LogP contribution is -2.44. The van der Waals surface area contributed by atoms with E-state index in [1.165, 1.54) is 12.1 Å². The number of hydrogen-bond donors (Lipinski definition) is 2. The Morgan fingerprint density at radius 2 is 1.95 bits per heavy atom. The molecule has 118 valence electrons. The van der Waals surface area contributed by atoms with Gasteiger partial charge in [0.25, 0.3) is 0 Å². The highest BCUT2D eigenvalue weighted by Crippen LogP contribution is 2.17. The second-order valence-electron chi connectivity index (χ2n) is 5.17. The molecule has 0 spiro atoms. The summed E-state index contributed by atoms with van der Waals surface area (Å²) in [6, 6.07) is 5.88. The van der Waals surface area contributed by atoms with E-state index in [0.717, 1.165) is 0 Å². The number of nitrogens with one attached hydrogen (secondary N) is 1. The minimum Gasteiger partial charge on any atom is -0.331 e. The molecule has 0 saturated carbocycles. The average Bonchev–Trinajstić information content (AvgIpc) is 2.38. The monoisotopic (exact) mass is 313 g/mol. The predicted molar refractivity (Wildman–Crippen MR) is 82.3 cm³/mol. The van der Waals surface area contributed by atoms with Crippen molar-refractivity contribution >= 4 is 16.1 Å². The molecule has 3 N–H and O–H groups in total. The number of benzene rings is 1. The van der Waals surface area contributed by atoms with Gasteiger partial charge in [-0.05, 0) is 45.4 Å². The molecule has 0 saturated heterocycles. The molecule has 0 radical (unpaired) electrons. The zero-order chi connectivity index (χ0) is 16.2. The number of amides is 2. The third-order valence-electron chi connectivity index (χ3n) is 3.25. The zero-order valence-corrected chi connectivity index (χ0v) is 13.6. The normalized spacial score (nSPS) is 13.0. The summed E-state index contributed by atoms with van der Waals surface area (Å²) in [5.74, 6) is 0. The van der Waals surface area contributed by atoms with E-state index in [1.54, 1.807) is 24.0 Å². The Morgan fingerprint density at radius 1 is 1.33 bits per heavy atom. The van der Waals surface area contributed by atoms with E-state index in [2.05, 4.69) is 5.32 Å². The Kier molecular flexibility index (Phi) is 5.74. The zero-order valence-electron chi connectivity index (χ0n) is 12.8. The van der Waals surface area contributed by atoms with Gasteiger partial charge in [-0.15, -0.1) is 0 Å². The lowest BCUT2D eigenvalue weighted by atomic mass is 10.1. The summed E-state index contributed by atoms with van der Waals surface area (Å²) in [6.07, 6.45) is 0. The van der Waals surface area contributed by atoms with Crippen LogP contribution in [0.5, 0.6) is 0 Å². The van der Waals surface area contributed by atoms with Crippen molar-refractivity contribution in [2.75, 3.05) is 6.54 Å². The van der Waals surface area contributed by atoms with Crippen LogP contribution in [0.3, 0.4) is 0 Å². The van der Waals surface area contributed by atoms with E-state index in [1.807, 2.05) is 20.8 Å². The van der Waals surface area contributed by atoms with Crippen LogP contribution in [0.2, 0.25) is 0 Å². The van der Waals surface area contributed by atoms with E-state index in [0.29, 0.717) is 12.1 Å². The molecule has 1 aromatic rings. The number of nitrogens with zero attached hydrogens (tertiary/aromatic N) is 1. The molecule has 0 aliphatic heterocycles. The molecule has 0 fully saturated rings. The molecular weight excluding hydrogens is 290 g/mol. The number of sulfonamides is 1. The van der Waals surface area contributed by atoms with Gasteiger partial charge >= 0.3 is 6.03 Å². The molecule has 6 nitrogen and oxygen atoms in total. The van der Waals surface area contributed by atoms with Crippen LogP contribution < -0.4 is 10.5 Å². The van der Waals surface area contributed by atoms with Crippen LogP contribution >= 0.6 is 0 Å². The van der Waals surface area contributed by atoms with Gasteiger partial charge in [0.1, 0.15) is 0 Å². The van der Waals surface area contributed by atoms with Gasteiger partial charge in [0.15, 0.2) is 0 Å². The van der Waals surface area contributed by atoms with Crippen LogP contribution in [0, 0.1) is 0 Å². The fourth-order valence-electron chi connectivity index (χ4n) is 2.06. The number of primary sulfonamides is 1. The van der Waals surface area contributed by atoms with E-state index in [4.69, 9.17) is 5.14 Å². The van der Waals surface area contributed by atoms with Crippen LogP contribution in [-0.2, 0) is 10.0 Å². The number of nitrogens with two attached hydrogens (primary N) is 1. The Labute approximate surface area is 126 Å². The summed E-state index contributed by atoms with van der Waals surface area (Å²) >= 11 is 0. The molecule has 1 atom stereocenters. The number of hydrogen-bond acceptors (Lipinski definition) is 3. The maximum atomic E-state index is 12.2. The molecule has 0 heterocycles. The molecule has 0 aliphatic rings. The summed E-state index contributed by atoms with van der Waals surface area (Å²) in [5, 5.41) is 7.97. The third kappa shape index (κ3) is 4.71. The van der Waals surface area contributed by atoms with Gasteiger partial charge in [-0.3, -0.25) is 0 Å². The second-order valence-corrected chi connectivity index (χ2v) is 6.73. The molecule has 1 aromatic carbocycles. The topological polar surface area (TPSA) is 92.5 Å². The first-order valence-electron chi connectivity index (χ1n) is 6.86. The lowest BCUT2D eigenvalue weighted by Gasteiger charge is -2.27. The van der Waals surface area contributed by atoms with Gasteiger partial charge in [-0.1, -0.05) is 12.1 Å². The Hall–Kier alpha value is -1.60. The summed E-state index contributed by atoms with van der Waals surface area (Å²) in [7, 11) is -3.74. The molecule has 2 amide bonds. The quantitative estimate of drug-likeness (QED) is 0.868. The number of carbonyl (C=O) groups excluding carboxylic acids is 1. The van der Waals surface area contributed by atoms with Crippen LogP contribution in [0.4, 0.5) is 4.79 Å². The first kappa shape index (κ1) is 17.5. The van der Waals surface area contributed by atoms with E-state index < -0.39 is 10.0 Å². The summed E-state index contributed by atoms with van der Waals surface area (Å²) < 4.78 is 22.7. The van der Waals surface area contributed by atoms with E-state index in [-0.39, 0.29) is 23.0 Å². The fraction of sp³-hybridized carbons (Fsp3) is 0.500. The highest BCUT2D eigenvalue weighted by molar-refractivity contribution is 7.89. The first-order chi connectivity index (χ1) is 9.66. The molecule has 0 bridgehead atoms. The summed E-state index contributed by atoms with van der Waals surface area (Å²) in [5.41, 5.74) is 0.690. The van der Waals surface area contributed by atoms with Crippen molar-refractivity contribution in [1.82, 2.24) is 10.2 Å². The minimum atomic E-state index is -3.74. The molecule has 0 unspecified atom stereocenters. The van der Waals surface area contributed by atoms with Crippen LogP contribution in [0.1, 0.15) is 39.3 Å². The van der Waals surface area contributed by atoms with E-state index in [9.17, 15) is 13.2 Å². The SMILES string of the molecule is CCN(C(=O)N[C@H](C)c1cccc(S(N)(=O)=O)c1)C(C)C. The highest BCUT2D eigenvalue weighted by Gasteiger charge is 2.18.